The molecule has 0 saturated heterocycles. The number of nitrogens with zero attached hydrogens (tertiary/aromatic N) is 3. The molecule has 2 N–H and O–H groups in total. The Morgan fingerprint density at radius 1 is 1.09 bits per heavy atom. The summed E-state index contributed by atoms with van der Waals surface area (Å²) in [6, 6.07) is 16.5. The van der Waals surface area contributed by atoms with Gasteiger partial charge in [-0.2, -0.15) is 10.2 Å². The highest BCUT2D eigenvalue weighted by molar-refractivity contribution is 6.31. The highest BCUT2D eigenvalue weighted by Crippen LogP contribution is 2.25. The van der Waals surface area contributed by atoms with Gasteiger partial charge in [-0.05, 0) is 48.5 Å². The number of anilines is 1. The number of nitrogens with one attached hydrogen (secondary N) is 1. The summed E-state index contributed by atoms with van der Waals surface area (Å²) in [4.78, 5) is 11.1. The van der Waals surface area contributed by atoms with Gasteiger partial charge in [-0.25, -0.2) is 18.3 Å². The third kappa shape index (κ3) is 4.50. The Morgan fingerprint density at radius 3 is 2.56 bits per heavy atom. The zero-order chi connectivity index (χ0) is 22.7. The van der Waals surface area contributed by atoms with Crippen molar-refractivity contribution in [2.24, 2.45) is 5.10 Å². The predicted octanol–water partition coefficient (Wildman–Crippen LogP) is 5.62. The Balaban J connectivity index is 1.71. The molecular formula is C23H15ClF2N4O2. The predicted molar refractivity (Wildman–Crippen MR) is 119 cm³/mol. The molecule has 0 aliphatic rings. The number of carbonyl (C=O) groups is 1. The molecule has 160 valence electrons. The molecule has 1 aromatic heterocycles. The van der Waals surface area contributed by atoms with Crippen molar-refractivity contribution in [1.82, 2.24) is 9.78 Å². The molecular weight excluding hydrogens is 438 g/mol. The van der Waals surface area contributed by atoms with Gasteiger partial charge in [-0.1, -0.05) is 29.8 Å². The SMILES string of the molecule is O=C(O)c1ccc(-n2cc(/C=N/Nc3cccc(Cl)c3F)c(-c3cccc(F)c3)n2)cc1. The summed E-state index contributed by atoms with van der Waals surface area (Å²) in [5.74, 6) is -2.10. The topological polar surface area (TPSA) is 79.5 Å². The summed E-state index contributed by atoms with van der Waals surface area (Å²) in [7, 11) is 0. The minimum atomic E-state index is -1.04. The van der Waals surface area contributed by atoms with Crippen molar-refractivity contribution in [3.05, 3.63) is 101 Å². The molecule has 0 spiro atoms. The van der Waals surface area contributed by atoms with E-state index >= 15 is 0 Å². The summed E-state index contributed by atoms with van der Waals surface area (Å²) in [6.07, 6.45) is 3.07. The first-order valence-corrected chi connectivity index (χ1v) is 9.72. The lowest BCUT2D eigenvalue weighted by molar-refractivity contribution is 0.0697. The van der Waals surface area contributed by atoms with Crippen LogP contribution in [0.3, 0.4) is 0 Å². The Morgan fingerprint density at radius 2 is 1.84 bits per heavy atom. The smallest absolute Gasteiger partial charge is 0.335 e. The van der Waals surface area contributed by atoms with Crippen LogP contribution in [0.1, 0.15) is 15.9 Å². The Hall–Kier alpha value is -4.04. The second-order valence-electron chi connectivity index (χ2n) is 6.71. The van der Waals surface area contributed by atoms with Gasteiger partial charge in [0.15, 0.2) is 5.82 Å². The highest BCUT2D eigenvalue weighted by atomic mass is 35.5. The number of aromatic carboxylic acids is 1. The number of hydrazone groups is 1. The zero-order valence-corrected chi connectivity index (χ0v) is 17.1. The third-order valence-corrected chi connectivity index (χ3v) is 4.85. The first kappa shape index (κ1) is 21.2. The summed E-state index contributed by atoms with van der Waals surface area (Å²) < 4.78 is 29.4. The Labute approximate surface area is 186 Å². The standard InChI is InChI=1S/C23H15ClF2N4O2/c24-19-5-2-6-20(21(19)26)28-27-12-16-13-30(18-9-7-14(8-10-18)23(31)32)29-22(16)15-3-1-4-17(25)11-15/h1-13,28H,(H,31,32)/b27-12+. The van der Waals surface area contributed by atoms with Crippen LogP contribution in [0.5, 0.6) is 0 Å². The molecule has 0 amide bonds. The van der Waals surface area contributed by atoms with E-state index in [0.29, 0.717) is 22.5 Å². The minimum Gasteiger partial charge on any atom is -0.478 e. The number of halogens is 3. The second kappa shape index (κ2) is 8.99. The van der Waals surface area contributed by atoms with E-state index in [-0.39, 0.29) is 16.3 Å². The quantitative estimate of drug-likeness (QED) is 0.294. The van der Waals surface area contributed by atoms with E-state index in [9.17, 15) is 13.6 Å². The van der Waals surface area contributed by atoms with Crippen molar-refractivity contribution in [1.29, 1.82) is 0 Å². The molecule has 0 radical (unpaired) electrons. The van der Waals surface area contributed by atoms with Gasteiger partial charge in [0.1, 0.15) is 11.5 Å². The number of hydrogen-bond donors (Lipinski definition) is 2. The molecule has 0 fully saturated rings. The first-order chi connectivity index (χ1) is 15.4. The number of hydrogen-bond acceptors (Lipinski definition) is 4. The zero-order valence-electron chi connectivity index (χ0n) is 16.3. The van der Waals surface area contributed by atoms with E-state index in [2.05, 4.69) is 15.6 Å². The average molecular weight is 453 g/mol. The number of carboxylic acids is 1. The lowest BCUT2D eigenvalue weighted by atomic mass is 10.1. The Kier molecular flexibility index (Phi) is 5.96. The maximum Gasteiger partial charge on any atom is 0.335 e. The van der Waals surface area contributed by atoms with Gasteiger partial charge < -0.3 is 5.11 Å². The van der Waals surface area contributed by atoms with Crippen LogP contribution in [0.15, 0.2) is 78.0 Å². The second-order valence-corrected chi connectivity index (χ2v) is 7.12. The van der Waals surface area contributed by atoms with E-state index in [1.54, 1.807) is 36.5 Å². The number of aromatic nitrogens is 2. The maximum atomic E-state index is 14.1. The molecule has 0 bridgehead atoms. The van der Waals surface area contributed by atoms with E-state index in [0.717, 1.165) is 0 Å². The van der Waals surface area contributed by atoms with Crippen molar-refractivity contribution in [3.63, 3.8) is 0 Å². The van der Waals surface area contributed by atoms with Crippen LogP contribution in [0.2, 0.25) is 5.02 Å². The van der Waals surface area contributed by atoms with Crippen LogP contribution < -0.4 is 5.43 Å². The first-order valence-electron chi connectivity index (χ1n) is 9.35. The molecule has 4 rings (SSSR count). The fourth-order valence-corrected chi connectivity index (χ4v) is 3.17. The summed E-state index contributed by atoms with van der Waals surface area (Å²) in [5, 5.41) is 17.6. The van der Waals surface area contributed by atoms with E-state index in [1.165, 1.54) is 47.3 Å². The number of carboxylic acid groups (broad SMARTS) is 1. The van der Waals surface area contributed by atoms with Crippen LogP contribution in [-0.4, -0.2) is 27.1 Å². The van der Waals surface area contributed by atoms with Gasteiger partial charge in [0.05, 0.1) is 28.2 Å². The lowest BCUT2D eigenvalue weighted by Gasteiger charge is -2.03. The molecule has 1 heterocycles. The van der Waals surface area contributed by atoms with E-state index in [4.69, 9.17) is 16.7 Å². The van der Waals surface area contributed by atoms with Crippen LogP contribution in [0.4, 0.5) is 14.5 Å². The molecule has 0 aliphatic carbocycles. The highest BCUT2D eigenvalue weighted by Gasteiger charge is 2.13. The summed E-state index contributed by atoms with van der Waals surface area (Å²) in [5.41, 5.74) is 4.90. The molecule has 0 unspecified atom stereocenters. The summed E-state index contributed by atoms with van der Waals surface area (Å²) in [6.45, 7) is 0. The third-order valence-electron chi connectivity index (χ3n) is 4.56. The number of benzene rings is 3. The van der Waals surface area contributed by atoms with Crippen LogP contribution >= 0.6 is 11.6 Å². The monoisotopic (exact) mass is 452 g/mol. The van der Waals surface area contributed by atoms with Gasteiger partial charge in [0.25, 0.3) is 0 Å². The van der Waals surface area contributed by atoms with Crippen molar-refractivity contribution >= 4 is 29.5 Å². The van der Waals surface area contributed by atoms with Crippen LogP contribution in [-0.2, 0) is 0 Å². The van der Waals surface area contributed by atoms with Crippen molar-refractivity contribution < 1.29 is 18.7 Å². The largest absolute Gasteiger partial charge is 0.478 e. The molecule has 4 aromatic rings. The van der Waals surface area contributed by atoms with Crippen LogP contribution in [0.25, 0.3) is 16.9 Å². The maximum absolute atomic E-state index is 14.1. The fourth-order valence-electron chi connectivity index (χ4n) is 2.99. The Bertz CT molecular complexity index is 1320. The normalized spacial score (nSPS) is 11.1. The van der Waals surface area contributed by atoms with Gasteiger partial charge in [-0.3, -0.25) is 5.43 Å². The molecule has 0 aliphatic heterocycles. The van der Waals surface area contributed by atoms with Gasteiger partial charge in [0.2, 0.25) is 0 Å². The van der Waals surface area contributed by atoms with E-state index in [1.807, 2.05) is 0 Å². The lowest BCUT2D eigenvalue weighted by Crippen LogP contribution is -1.99. The van der Waals surface area contributed by atoms with Gasteiger partial charge >= 0.3 is 5.97 Å². The van der Waals surface area contributed by atoms with Crippen molar-refractivity contribution in [2.75, 3.05) is 5.43 Å². The fraction of sp³-hybridized carbons (Fsp3) is 0. The van der Waals surface area contributed by atoms with Crippen LogP contribution in [0, 0.1) is 11.6 Å². The van der Waals surface area contributed by atoms with Crippen molar-refractivity contribution in [3.8, 4) is 16.9 Å². The molecule has 0 atom stereocenters. The number of rotatable bonds is 6. The molecule has 3 aromatic carbocycles. The van der Waals surface area contributed by atoms with Gasteiger partial charge in [0, 0.05) is 17.3 Å². The molecule has 6 nitrogen and oxygen atoms in total. The molecule has 9 heteroatoms. The minimum absolute atomic E-state index is 0.0386. The van der Waals surface area contributed by atoms with Gasteiger partial charge in [-0.15, -0.1) is 0 Å². The molecule has 0 saturated carbocycles. The van der Waals surface area contributed by atoms with E-state index < -0.39 is 17.6 Å². The van der Waals surface area contributed by atoms with Crippen molar-refractivity contribution in [2.45, 2.75) is 0 Å². The summed E-state index contributed by atoms with van der Waals surface area (Å²) >= 11 is 5.78. The average Bonchev–Trinajstić information content (AvgIpc) is 3.21. The molecule has 32 heavy (non-hydrogen) atoms.